The highest BCUT2D eigenvalue weighted by Gasteiger charge is 2.35. The first-order chi connectivity index (χ1) is 13.3. The van der Waals surface area contributed by atoms with Gasteiger partial charge in [-0.3, -0.25) is 14.4 Å². The maximum atomic E-state index is 12.5. The van der Waals surface area contributed by atoms with Gasteiger partial charge in [0.25, 0.3) is 0 Å². The van der Waals surface area contributed by atoms with Crippen LogP contribution in [0.25, 0.3) is 5.76 Å². The molecule has 5 heteroatoms. The first kappa shape index (κ1) is 21.9. The number of unbranched alkanes of at least 4 members (excludes halogenated alkanes) is 4. The summed E-state index contributed by atoms with van der Waals surface area (Å²) in [5.41, 5.74) is 0.295. The monoisotopic (exact) mass is 385 g/mol. The zero-order valence-corrected chi connectivity index (χ0v) is 17.1. The lowest BCUT2D eigenvalue weighted by Gasteiger charge is -2.28. The largest absolute Gasteiger partial charge is 0.507 e. The van der Waals surface area contributed by atoms with Crippen LogP contribution in [0.15, 0.2) is 29.8 Å². The summed E-state index contributed by atoms with van der Waals surface area (Å²) in [5.74, 6) is -1.38. The number of amides is 1. The molecule has 0 aliphatic heterocycles. The summed E-state index contributed by atoms with van der Waals surface area (Å²) in [5, 5.41) is 13.5. The van der Waals surface area contributed by atoms with Gasteiger partial charge in [-0.15, -0.1) is 0 Å². The third-order valence-electron chi connectivity index (χ3n) is 5.12. The van der Waals surface area contributed by atoms with Crippen molar-refractivity contribution in [1.82, 2.24) is 5.32 Å². The molecule has 1 aromatic rings. The van der Waals surface area contributed by atoms with Gasteiger partial charge in [-0.25, -0.2) is 0 Å². The number of benzene rings is 1. The molecule has 0 radical (unpaired) electrons. The standard InChI is InChI=1S/C23H31NO4/c1-4-5-6-7-8-13-19(25)24-15-23(2,3)14-18-20(26)16-11-9-10-12-17(16)21(27)22(18)28/h9-12,26H,4-8,13-15H2,1-3H3,(H,24,25). The predicted octanol–water partition coefficient (Wildman–Crippen LogP) is 4.61. The SMILES string of the molecule is CCCCCCCC(=O)NCC(C)(C)CC1=C(O)c2ccccc2C(=O)C1=O. The molecule has 0 saturated carbocycles. The molecule has 2 N–H and O–H groups in total. The van der Waals surface area contributed by atoms with Gasteiger partial charge in [0.05, 0.1) is 0 Å². The number of aliphatic hydroxyl groups excluding tert-OH is 1. The van der Waals surface area contributed by atoms with Crippen molar-refractivity contribution in [3.05, 3.63) is 41.0 Å². The first-order valence-electron chi connectivity index (χ1n) is 10.1. The molecule has 1 aromatic carbocycles. The Morgan fingerprint density at radius 3 is 2.32 bits per heavy atom. The van der Waals surface area contributed by atoms with Gasteiger partial charge >= 0.3 is 0 Å². The summed E-state index contributed by atoms with van der Waals surface area (Å²) >= 11 is 0. The van der Waals surface area contributed by atoms with E-state index in [1.165, 1.54) is 12.8 Å². The van der Waals surface area contributed by atoms with E-state index in [9.17, 15) is 19.5 Å². The van der Waals surface area contributed by atoms with Crippen LogP contribution in [-0.2, 0) is 9.59 Å². The third kappa shape index (κ3) is 5.54. The predicted molar refractivity (Wildman–Crippen MR) is 110 cm³/mol. The van der Waals surface area contributed by atoms with E-state index in [0.717, 1.165) is 19.3 Å². The Kier molecular flexibility index (Phi) is 7.55. The Morgan fingerprint density at radius 2 is 1.64 bits per heavy atom. The fraction of sp³-hybridized carbons (Fsp3) is 0.522. The highest BCUT2D eigenvalue weighted by Crippen LogP contribution is 2.34. The van der Waals surface area contributed by atoms with Crippen LogP contribution in [0.5, 0.6) is 0 Å². The quantitative estimate of drug-likeness (QED) is 0.455. The van der Waals surface area contributed by atoms with Gasteiger partial charge in [-0.2, -0.15) is 0 Å². The average Bonchev–Trinajstić information content (AvgIpc) is 2.68. The lowest BCUT2D eigenvalue weighted by Crippen LogP contribution is -2.36. The smallest absolute Gasteiger partial charge is 0.234 e. The Balaban J connectivity index is 1.97. The molecule has 1 amide bonds. The topological polar surface area (TPSA) is 83.5 Å². The minimum absolute atomic E-state index is 0.000771. The van der Waals surface area contributed by atoms with E-state index in [0.29, 0.717) is 18.5 Å². The van der Waals surface area contributed by atoms with Crippen molar-refractivity contribution >= 4 is 23.2 Å². The van der Waals surface area contributed by atoms with Crippen molar-refractivity contribution in [2.75, 3.05) is 6.54 Å². The number of Topliss-reactive ketones (excluding diaryl/α,β-unsaturated/α-hetero) is 2. The summed E-state index contributed by atoms with van der Waals surface area (Å²) in [4.78, 5) is 36.9. The number of aliphatic hydroxyl groups is 1. The lowest BCUT2D eigenvalue weighted by atomic mass is 9.79. The van der Waals surface area contributed by atoms with Crippen LogP contribution in [0.2, 0.25) is 0 Å². The Bertz CT molecular complexity index is 777. The number of fused-ring (bicyclic) bond motifs is 1. The zero-order chi connectivity index (χ0) is 20.7. The van der Waals surface area contributed by atoms with Gasteiger partial charge in [-0.05, 0) is 18.3 Å². The van der Waals surface area contributed by atoms with E-state index in [1.807, 2.05) is 13.8 Å². The van der Waals surface area contributed by atoms with Crippen molar-refractivity contribution in [2.24, 2.45) is 5.41 Å². The highest BCUT2D eigenvalue weighted by molar-refractivity contribution is 6.52. The van der Waals surface area contributed by atoms with Gasteiger partial charge in [0.15, 0.2) is 0 Å². The molecule has 0 spiro atoms. The minimum atomic E-state index is -0.661. The first-order valence-corrected chi connectivity index (χ1v) is 10.1. The Morgan fingerprint density at radius 1 is 1.00 bits per heavy atom. The molecule has 0 saturated heterocycles. The summed E-state index contributed by atoms with van der Waals surface area (Å²) < 4.78 is 0. The number of hydrogen-bond donors (Lipinski definition) is 2. The van der Waals surface area contributed by atoms with Gasteiger partial charge in [0, 0.05) is 29.7 Å². The number of ketones is 2. The van der Waals surface area contributed by atoms with E-state index in [4.69, 9.17) is 0 Å². The van der Waals surface area contributed by atoms with Crippen LogP contribution < -0.4 is 5.32 Å². The average molecular weight is 386 g/mol. The number of carbonyl (C=O) groups is 3. The van der Waals surface area contributed by atoms with Gasteiger partial charge in [-0.1, -0.05) is 70.7 Å². The Labute approximate surface area is 167 Å². The highest BCUT2D eigenvalue weighted by atomic mass is 16.3. The maximum absolute atomic E-state index is 12.5. The lowest BCUT2D eigenvalue weighted by molar-refractivity contribution is -0.121. The fourth-order valence-electron chi connectivity index (χ4n) is 3.44. The summed E-state index contributed by atoms with van der Waals surface area (Å²) in [7, 11) is 0. The maximum Gasteiger partial charge on any atom is 0.234 e. The number of carbonyl (C=O) groups excluding carboxylic acids is 3. The molecule has 0 unspecified atom stereocenters. The van der Waals surface area contributed by atoms with Gasteiger partial charge in [0.2, 0.25) is 17.5 Å². The zero-order valence-electron chi connectivity index (χ0n) is 17.1. The molecule has 152 valence electrons. The van der Waals surface area contributed by atoms with Crippen LogP contribution >= 0.6 is 0 Å². The van der Waals surface area contributed by atoms with Crippen molar-refractivity contribution in [1.29, 1.82) is 0 Å². The minimum Gasteiger partial charge on any atom is -0.507 e. The van der Waals surface area contributed by atoms with E-state index in [-0.39, 0.29) is 29.2 Å². The molecule has 0 aromatic heterocycles. The second-order valence-electron chi connectivity index (χ2n) is 8.31. The summed E-state index contributed by atoms with van der Waals surface area (Å²) in [6, 6.07) is 6.59. The molecule has 0 fully saturated rings. The molecule has 28 heavy (non-hydrogen) atoms. The fourth-order valence-corrected chi connectivity index (χ4v) is 3.44. The second kappa shape index (κ2) is 9.67. The van der Waals surface area contributed by atoms with Crippen LogP contribution in [0.1, 0.15) is 81.6 Å². The van der Waals surface area contributed by atoms with Gasteiger partial charge in [0.1, 0.15) is 5.76 Å². The van der Waals surface area contributed by atoms with E-state index >= 15 is 0 Å². The summed E-state index contributed by atoms with van der Waals surface area (Å²) in [6.45, 7) is 6.35. The van der Waals surface area contributed by atoms with Crippen LogP contribution in [-0.4, -0.2) is 29.1 Å². The summed E-state index contributed by atoms with van der Waals surface area (Å²) in [6.07, 6.45) is 6.18. The van der Waals surface area contributed by atoms with Gasteiger partial charge < -0.3 is 10.4 Å². The number of nitrogens with one attached hydrogen (secondary N) is 1. The van der Waals surface area contributed by atoms with Crippen LogP contribution in [0.4, 0.5) is 0 Å². The number of hydrogen-bond acceptors (Lipinski definition) is 4. The van der Waals surface area contributed by atoms with E-state index < -0.39 is 17.0 Å². The molecule has 0 heterocycles. The van der Waals surface area contributed by atoms with Crippen molar-refractivity contribution in [3.63, 3.8) is 0 Å². The van der Waals surface area contributed by atoms with Crippen molar-refractivity contribution in [3.8, 4) is 0 Å². The molecule has 0 atom stereocenters. The Hall–Kier alpha value is -2.43. The third-order valence-corrected chi connectivity index (χ3v) is 5.12. The number of allylic oxidation sites excluding steroid dienone is 1. The molecule has 2 rings (SSSR count). The molecule has 0 bridgehead atoms. The van der Waals surface area contributed by atoms with Crippen LogP contribution in [0, 0.1) is 5.41 Å². The van der Waals surface area contributed by atoms with Crippen molar-refractivity contribution < 1.29 is 19.5 Å². The molecule has 5 nitrogen and oxygen atoms in total. The number of rotatable bonds is 10. The second-order valence-corrected chi connectivity index (χ2v) is 8.31. The van der Waals surface area contributed by atoms with E-state index in [2.05, 4.69) is 12.2 Å². The van der Waals surface area contributed by atoms with E-state index in [1.54, 1.807) is 24.3 Å². The normalized spacial score (nSPS) is 14.2. The molecule has 1 aliphatic carbocycles. The van der Waals surface area contributed by atoms with Crippen LogP contribution in [0.3, 0.4) is 0 Å². The molecular weight excluding hydrogens is 354 g/mol. The molecular formula is C23H31NO4. The van der Waals surface area contributed by atoms with Crippen molar-refractivity contribution in [2.45, 2.75) is 65.7 Å². The molecule has 1 aliphatic rings.